The smallest absolute Gasteiger partial charge is 0.317 e. The lowest BCUT2D eigenvalue weighted by molar-refractivity contribution is -0.126. The van der Waals surface area contributed by atoms with Gasteiger partial charge in [0.2, 0.25) is 5.91 Å². The predicted molar refractivity (Wildman–Crippen MR) is 69.1 cm³/mol. The monoisotopic (exact) mass is 251 g/mol. The lowest BCUT2D eigenvalue weighted by Crippen LogP contribution is -2.47. The van der Waals surface area contributed by atoms with Crippen molar-refractivity contribution >= 4 is 11.9 Å². The zero-order chi connectivity index (χ0) is 13.0. The van der Waals surface area contributed by atoms with Crippen LogP contribution < -0.4 is 10.6 Å². The van der Waals surface area contributed by atoms with E-state index >= 15 is 0 Å². The summed E-state index contributed by atoms with van der Waals surface area (Å²) in [6.45, 7) is 5.43. The Labute approximate surface area is 108 Å². The van der Waals surface area contributed by atoms with Gasteiger partial charge in [-0.1, -0.05) is 6.08 Å². The van der Waals surface area contributed by atoms with Gasteiger partial charge in [-0.25, -0.2) is 4.79 Å². The molecule has 1 saturated heterocycles. The van der Waals surface area contributed by atoms with Crippen LogP contribution in [0.15, 0.2) is 12.7 Å². The second kappa shape index (κ2) is 5.89. The molecule has 1 saturated carbocycles. The molecule has 0 aromatic rings. The summed E-state index contributed by atoms with van der Waals surface area (Å²) < 4.78 is 0. The second-order valence-corrected chi connectivity index (χ2v) is 5.02. The zero-order valence-electron chi connectivity index (χ0n) is 10.7. The summed E-state index contributed by atoms with van der Waals surface area (Å²) in [5.74, 6) is 0.118. The lowest BCUT2D eigenvalue weighted by Gasteiger charge is -2.31. The molecule has 0 atom stereocenters. The first-order valence-corrected chi connectivity index (χ1v) is 6.64. The third kappa shape index (κ3) is 3.48. The molecule has 0 radical (unpaired) electrons. The van der Waals surface area contributed by atoms with Crippen LogP contribution in [-0.4, -0.2) is 42.5 Å². The molecule has 5 heteroatoms. The van der Waals surface area contributed by atoms with Crippen molar-refractivity contribution in [2.24, 2.45) is 5.92 Å². The second-order valence-electron chi connectivity index (χ2n) is 5.02. The molecular weight excluding hydrogens is 230 g/mol. The summed E-state index contributed by atoms with van der Waals surface area (Å²) in [5.41, 5.74) is 0. The first-order valence-electron chi connectivity index (χ1n) is 6.64. The van der Waals surface area contributed by atoms with Crippen LogP contribution >= 0.6 is 0 Å². The van der Waals surface area contributed by atoms with Gasteiger partial charge in [0.15, 0.2) is 0 Å². The van der Waals surface area contributed by atoms with E-state index in [0.717, 1.165) is 25.7 Å². The maximum atomic E-state index is 11.8. The molecule has 0 unspecified atom stereocenters. The van der Waals surface area contributed by atoms with E-state index in [0.29, 0.717) is 25.7 Å². The number of urea groups is 1. The van der Waals surface area contributed by atoms with Crippen LogP contribution in [-0.2, 0) is 4.79 Å². The maximum absolute atomic E-state index is 11.8. The summed E-state index contributed by atoms with van der Waals surface area (Å²) in [4.78, 5) is 25.4. The average Bonchev–Trinajstić information content (AvgIpc) is 3.20. The molecule has 0 spiro atoms. The molecule has 0 aromatic heterocycles. The first kappa shape index (κ1) is 12.9. The van der Waals surface area contributed by atoms with E-state index < -0.39 is 0 Å². The van der Waals surface area contributed by atoms with Crippen molar-refractivity contribution in [2.75, 3.05) is 19.6 Å². The normalized spacial score (nSPS) is 20.3. The fourth-order valence-corrected chi connectivity index (χ4v) is 2.16. The van der Waals surface area contributed by atoms with E-state index in [2.05, 4.69) is 17.2 Å². The Morgan fingerprint density at radius 2 is 1.89 bits per heavy atom. The Hall–Kier alpha value is -1.52. The fraction of sp³-hybridized carbons (Fsp3) is 0.692. The van der Waals surface area contributed by atoms with Gasteiger partial charge < -0.3 is 15.5 Å². The first-order chi connectivity index (χ1) is 8.70. The van der Waals surface area contributed by atoms with E-state index in [1.807, 2.05) is 4.90 Å². The molecule has 1 aliphatic heterocycles. The van der Waals surface area contributed by atoms with Gasteiger partial charge in [-0.3, -0.25) is 4.79 Å². The quantitative estimate of drug-likeness (QED) is 0.728. The van der Waals surface area contributed by atoms with Crippen molar-refractivity contribution in [2.45, 2.75) is 31.7 Å². The molecule has 1 aliphatic carbocycles. The SMILES string of the molecule is C=CCNC(=O)C1CCN(C(=O)NC2CC2)CC1. The van der Waals surface area contributed by atoms with Gasteiger partial charge in [0, 0.05) is 31.6 Å². The molecule has 100 valence electrons. The van der Waals surface area contributed by atoms with Crippen LogP contribution in [0.3, 0.4) is 0 Å². The Balaban J connectivity index is 1.71. The molecule has 2 rings (SSSR count). The molecule has 2 aliphatic rings. The van der Waals surface area contributed by atoms with Gasteiger partial charge in [-0.15, -0.1) is 6.58 Å². The summed E-state index contributed by atoms with van der Waals surface area (Å²) in [6.07, 6.45) is 5.39. The highest BCUT2D eigenvalue weighted by molar-refractivity contribution is 5.79. The minimum atomic E-state index is 0.0300. The standard InChI is InChI=1S/C13H21N3O2/c1-2-7-14-12(17)10-5-8-16(9-6-10)13(18)15-11-3-4-11/h2,10-11H,1,3-9H2,(H,14,17)(H,15,18). The lowest BCUT2D eigenvalue weighted by atomic mass is 9.96. The summed E-state index contributed by atoms with van der Waals surface area (Å²) in [5, 5.41) is 5.79. The molecular formula is C13H21N3O2. The Morgan fingerprint density at radius 3 is 2.44 bits per heavy atom. The summed E-state index contributed by atoms with van der Waals surface area (Å²) >= 11 is 0. The van der Waals surface area contributed by atoms with Gasteiger partial charge in [0.05, 0.1) is 0 Å². The minimum Gasteiger partial charge on any atom is -0.352 e. The number of rotatable bonds is 4. The van der Waals surface area contributed by atoms with Crippen LogP contribution in [0, 0.1) is 5.92 Å². The molecule has 0 aromatic carbocycles. The van der Waals surface area contributed by atoms with E-state index in [4.69, 9.17) is 0 Å². The van der Waals surface area contributed by atoms with Gasteiger partial charge >= 0.3 is 6.03 Å². The van der Waals surface area contributed by atoms with E-state index in [1.54, 1.807) is 6.08 Å². The number of likely N-dealkylation sites (tertiary alicyclic amines) is 1. The van der Waals surface area contributed by atoms with Crippen molar-refractivity contribution in [1.82, 2.24) is 15.5 Å². The number of nitrogens with one attached hydrogen (secondary N) is 2. The minimum absolute atomic E-state index is 0.0300. The number of hydrogen-bond acceptors (Lipinski definition) is 2. The van der Waals surface area contributed by atoms with Crippen molar-refractivity contribution in [1.29, 1.82) is 0 Å². The summed E-state index contributed by atoms with van der Waals surface area (Å²) in [7, 11) is 0. The Bertz CT molecular complexity index is 331. The summed E-state index contributed by atoms with van der Waals surface area (Å²) in [6, 6.07) is 0.425. The van der Waals surface area contributed by atoms with Crippen molar-refractivity contribution in [3.8, 4) is 0 Å². The van der Waals surface area contributed by atoms with Crippen LogP contribution in [0.1, 0.15) is 25.7 Å². The van der Waals surface area contributed by atoms with E-state index in [9.17, 15) is 9.59 Å². The highest BCUT2D eigenvalue weighted by Gasteiger charge is 2.30. The van der Waals surface area contributed by atoms with Crippen LogP contribution in [0.2, 0.25) is 0 Å². The van der Waals surface area contributed by atoms with Gasteiger partial charge in [-0.05, 0) is 25.7 Å². The van der Waals surface area contributed by atoms with Crippen molar-refractivity contribution in [3.63, 3.8) is 0 Å². The average molecular weight is 251 g/mol. The zero-order valence-corrected chi connectivity index (χ0v) is 10.7. The molecule has 2 N–H and O–H groups in total. The number of carbonyl (C=O) groups is 2. The molecule has 1 heterocycles. The van der Waals surface area contributed by atoms with Crippen LogP contribution in [0.25, 0.3) is 0 Å². The van der Waals surface area contributed by atoms with E-state index in [-0.39, 0.29) is 17.9 Å². The van der Waals surface area contributed by atoms with Gasteiger partial charge in [-0.2, -0.15) is 0 Å². The maximum Gasteiger partial charge on any atom is 0.317 e. The molecule has 18 heavy (non-hydrogen) atoms. The van der Waals surface area contributed by atoms with Crippen molar-refractivity contribution in [3.05, 3.63) is 12.7 Å². The number of hydrogen-bond donors (Lipinski definition) is 2. The van der Waals surface area contributed by atoms with E-state index in [1.165, 1.54) is 0 Å². The number of nitrogens with zero attached hydrogens (tertiary/aromatic N) is 1. The van der Waals surface area contributed by atoms with Crippen LogP contribution in [0.5, 0.6) is 0 Å². The third-order valence-corrected chi connectivity index (χ3v) is 3.48. The van der Waals surface area contributed by atoms with Crippen LogP contribution in [0.4, 0.5) is 4.79 Å². The fourth-order valence-electron chi connectivity index (χ4n) is 2.16. The van der Waals surface area contributed by atoms with Gasteiger partial charge in [0.1, 0.15) is 0 Å². The molecule has 3 amide bonds. The number of amides is 3. The Kier molecular flexibility index (Phi) is 4.23. The number of carbonyl (C=O) groups excluding carboxylic acids is 2. The molecule has 2 fully saturated rings. The van der Waals surface area contributed by atoms with Gasteiger partial charge in [0.25, 0.3) is 0 Å². The predicted octanol–water partition coefficient (Wildman–Crippen LogP) is 0.873. The highest BCUT2D eigenvalue weighted by atomic mass is 16.2. The highest BCUT2D eigenvalue weighted by Crippen LogP contribution is 2.21. The largest absolute Gasteiger partial charge is 0.352 e. The molecule has 0 bridgehead atoms. The third-order valence-electron chi connectivity index (χ3n) is 3.48. The Morgan fingerprint density at radius 1 is 1.22 bits per heavy atom. The molecule has 5 nitrogen and oxygen atoms in total. The topological polar surface area (TPSA) is 61.4 Å². The van der Waals surface area contributed by atoms with Crippen molar-refractivity contribution < 1.29 is 9.59 Å². The number of piperidine rings is 1.